The van der Waals surface area contributed by atoms with Crippen LogP contribution in [0.2, 0.25) is 0 Å². The van der Waals surface area contributed by atoms with Crippen LogP contribution in [0.15, 0.2) is 0 Å². The third-order valence-corrected chi connectivity index (χ3v) is 2.60. The topological polar surface area (TPSA) is 17.3 Å². The number of rotatable bonds is 1. The monoisotopic (exact) mass is 447 g/mol. The molecule has 0 aromatic heterocycles. The molecule has 2 nitrogen and oxygen atoms in total. The van der Waals surface area contributed by atoms with Crippen molar-refractivity contribution < 1.29 is 39.6 Å². The van der Waals surface area contributed by atoms with Crippen molar-refractivity contribution in [3.63, 3.8) is 0 Å². The van der Waals surface area contributed by atoms with E-state index in [-0.39, 0.29) is 52.6 Å². The molecule has 0 amide bonds. The molecule has 0 N–H and O–H groups in total. The van der Waals surface area contributed by atoms with Crippen molar-refractivity contribution in [2.24, 2.45) is 5.92 Å². The summed E-state index contributed by atoms with van der Waals surface area (Å²) < 4.78 is 0. The second-order valence-electron chi connectivity index (χ2n) is 4.82. The maximum absolute atomic E-state index is 4.19. The second kappa shape index (κ2) is 13.6. The van der Waals surface area contributed by atoms with Crippen LogP contribution >= 0.6 is 0 Å². The van der Waals surface area contributed by atoms with Crippen LogP contribution in [0, 0.1) is 27.2 Å². The summed E-state index contributed by atoms with van der Waals surface area (Å²) in [6, 6.07) is 0. The van der Waals surface area contributed by atoms with Gasteiger partial charge in [-0.15, -0.1) is 5.54 Å². The smallest absolute Gasteiger partial charge is 0.662 e. The minimum absolute atomic E-state index is 0. The van der Waals surface area contributed by atoms with Crippen LogP contribution in [0.25, 0.3) is 5.32 Å². The molecule has 17 heavy (non-hydrogen) atoms. The van der Waals surface area contributed by atoms with Gasteiger partial charge in [-0.1, -0.05) is 26.7 Å². The van der Waals surface area contributed by atoms with Crippen LogP contribution in [0.3, 0.4) is 0 Å². The molecule has 0 bridgehead atoms. The van der Waals surface area contributed by atoms with Gasteiger partial charge >= 0.3 is 39.6 Å². The summed E-state index contributed by atoms with van der Waals surface area (Å²) in [5.41, 5.74) is 0.0833. The summed E-state index contributed by atoms with van der Waals surface area (Å²) in [4.78, 5) is 2.08. The standard InChI is InChI=1S/C6H11N.C6H14N.CH3.V.W/c1-6-2-4-7-5-3-6;1-6(2,3)7(4)5;;;/h6H,1-5H2;1H2,2-5H3;1H3;;/q-2;2*-1;2*+2. The molecular formula is C13H28N2VW. The average molecular weight is 447 g/mol. The average Bonchev–Trinajstić information content (AvgIpc) is 2.04. The predicted molar refractivity (Wildman–Crippen MR) is 70.7 cm³/mol. The molecule has 1 radical (unpaired) electrons. The van der Waals surface area contributed by atoms with Gasteiger partial charge in [0, 0.05) is 0 Å². The van der Waals surface area contributed by atoms with Crippen molar-refractivity contribution in [2.75, 3.05) is 27.2 Å². The van der Waals surface area contributed by atoms with E-state index in [2.05, 4.69) is 37.9 Å². The molecule has 0 aromatic carbocycles. The van der Waals surface area contributed by atoms with E-state index in [1.165, 1.54) is 12.8 Å². The first-order valence-electron chi connectivity index (χ1n) is 5.33. The molecule has 0 unspecified atom stereocenters. The van der Waals surface area contributed by atoms with Crippen molar-refractivity contribution in [3.05, 3.63) is 26.6 Å². The normalized spacial score (nSPS) is 15.7. The van der Waals surface area contributed by atoms with Gasteiger partial charge in [0.25, 0.3) is 0 Å². The van der Waals surface area contributed by atoms with E-state index < -0.39 is 0 Å². The molecule has 1 aliphatic heterocycles. The molecule has 101 valence electrons. The molecule has 0 atom stereocenters. The van der Waals surface area contributed by atoms with Crippen molar-refractivity contribution in [3.8, 4) is 0 Å². The van der Waals surface area contributed by atoms with Crippen molar-refractivity contribution in [1.29, 1.82) is 0 Å². The molecule has 1 rings (SSSR count). The van der Waals surface area contributed by atoms with Crippen LogP contribution < -0.4 is 0 Å². The molecule has 1 heterocycles. The molecular weight excluding hydrogens is 419 g/mol. The maximum Gasteiger partial charge on any atom is 2.00 e. The summed E-state index contributed by atoms with van der Waals surface area (Å²) in [6.07, 6.45) is 2.42. The van der Waals surface area contributed by atoms with Crippen molar-refractivity contribution in [1.82, 2.24) is 4.90 Å². The molecule has 0 spiro atoms. The molecule has 0 aliphatic carbocycles. The van der Waals surface area contributed by atoms with E-state index in [0.29, 0.717) is 5.92 Å². The van der Waals surface area contributed by atoms with Crippen LogP contribution in [0.4, 0.5) is 0 Å². The molecule has 1 saturated heterocycles. The fourth-order valence-electron chi connectivity index (χ4n) is 0.804. The van der Waals surface area contributed by atoms with E-state index >= 15 is 0 Å². The van der Waals surface area contributed by atoms with Crippen LogP contribution in [0.5, 0.6) is 0 Å². The van der Waals surface area contributed by atoms with Crippen LogP contribution in [-0.2, 0) is 39.6 Å². The number of piperidine rings is 1. The summed E-state index contributed by atoms with van der Waals surface area (Å²) in [5.74, 6) is 0.692. The zero-order valence-corrected chi connectivity index (χ0v) is 16.4. The Hall–Kier alpha value is 1.19. The Morgan fingerprint density at radius 2 is 1.47 bits per heavy atom. The minimum atomic E-state index is 0. The van der Waals surface area contributed by atoms with Gasteiger partial charge in [-0.25, -0.2) is 0 Å². The van der Waals surface area contributed by atoms with Gasteiger partial charge in [-0.2, -0.15) is 19.0 Å². The predicted octanol–water partition coefficient (Wildman–Crippen LogP) is 3.21. The van der Waals surface area contributed by atoms with Crippen LogP contribution in [0.1, 0.15) is 26.7 Å². The van der Waals surface area contributed by atoms with Crippen molar-refractivity contribution >= 4 is 0 Å². The number of hydrogen-bond acceptors (Lipinski definition) is 1. The van der Waals surface area contributed by atoms with Gasteiger partial charge < -0.3 is 31.5 Å². The first-order chi connectivity index (χ1) is 6.34. The van der Waals surface area contributed by atoms with E-state index in [9.17, 15) is 0 Å². The van der Waals surface area contributed by atoms with Crippen LogP contribution in [-0.4, -0.2) is 37.6 Å². The van der Waals surface area contributed by atoms with Gasteiger partial charge in [0.15, 0.2) is 0 Å². The van der Waals surface area contributed by atoms with Crippen molar-refractivity contribution in [2.45, 2.75) is 32.2 Å². The van der Waals surface area contributed by atoms with Gasteiger partial charge in [0.2, 0.25) is 0 Å². The molecule has 1 fully saturated rings. The zero-order valence-electron chi connectivity index (χ0n) is 12.1. The van der Waals surface area contributed by atoms with Gasteiger partial charge in [-0.05, 0) is 14.1 Å². The third kappa shape index (κ3) is 17.2. The molecule has 0 aromatic rings. The first kappa shape index (κ1) is 26.7. The maximum atomic E-state index is 4.19. The fourth-order valence-corrected chi connectivity index (χ4v) is 0.804. The van der Waals surface area contributed by atoms with E-state index in [1.807, 2.05) is 14.1 Å². The Balaban J connectivity index is -0.0000000845. The third-order valence-electron chi connectivity index (χ3n) is 2.60. The Bertz CT molecular complexity index is 141. The summed E-state index contributed by atoms with van der Waals surface area (Å²) in [7, 11) is 4.04. The molecule has 1 aliphatic rings. The van der Waals surface area contributed by atoms with Gasteiger partial charge in [0.1, 0.15) is 0 Å². The number of nitrogens with zero attached hydrogens (tertiary/aromatic N) is 2. The van der Waals surface area contributed by atoms with Gasteiger partial charge in [-0.3, -0.25) is 0 Å². The Labute approximate surface area is 136 Å². The Morgan fingerprint density at radius 1 is 1.18 bits per heavy atom. The number of hydrogen-bond donors (Lipinski definition) is 0. The molecule has 4 heteroatoms. The second-order valence-corrected chi connectivity index (χ2v) is 4.82. The summed E-state index contributed by atoms with van der Waals surface area (Å²) in [5, 5.41) is 4.19. The Kier molecular flexibility index (Phi) is 21.4. The summed E-state index contributed by atoms with van der Waals surface area (Å²) >= 11 is 0. The van der Waals surface area contributed by atoms with Gasteiger partial charge in [0.05, 0.1) is 0 Å². The molecule has 0 saturated carbocycles. The quantitative estimate of drug-likeness (QED) is 0.565. The summed E-state index contributed by atoms with van der Waals surface area (Å²) in [6.45, 7) is 14.1. The minimum Gasteiger partial charge on any atom is -0.662 e. The largest absolute Gasteiger partial charge is 2.00 e. The zero-order chi connectivity index (χ0) is 11.2. The Morgan fingerprint density at radius 3 is 1.59 bits per heavy atom. The van der Waals surface area contributed by atoms with E-state index in [4.69, 9.17) is 0 Å². The first-order valence-corrected chi connectivity index (χ1v) is 5.33. The SMILES string of the molecule is [CH2-]C(C)(C)N(C)C.[CH2-]C1CC[N-]CC1.[CH3-].[V+2].[W+2]. The van der Waals surface area contributed by atoms with E-state index in [1.54, 1.807) is 0 Å². The fraction of sp³-hybridized carbons (Fsp3) is 0.769. The van der Waals surface area contributed by atoms with E-state index in [0.717, 1.165) is 13.1 Å².